The minimum atomic E-state index is -0.871. The van der Waals surface area contributed by atoms with Gasteiger partial charge < -0.3 is 20.1 Å². The monoisotopic (exact) mass is 448 g/mol. The number of ether oxygens (including phenoxy) is 1. The standard InChI is InChI=1S/C26H28N2O5/c29-23(30)10-9-17-11-14-28(15-17)24(31)26(12-13-26)27-25(32)33-16-22-20-7-3-1-5-18(20)19-6-2-4-8-21(19)22/h1-8,17,22H,9-16H2,(H,27,32)(H,29,30). The molecule has 2 aromatic rings. The lowest BCUT2D eigenvalue weighted by Crippen LogP contribution is -2.50. The maximum absolute atomic E-state index is 13.1. The fourth-order valence-electron chi connectivity index (χ4n) is 5.23. The van der Waals surface area contributed by atoms with Gasteiger partial charge in [0.15, 0.2) is 0 Å². The van der Waals surface area contributed by atoms with Crippen LogP contribution in [0.4, 0.5) is 4.79 Å². The molecule has 1 saturated carbocycles. The van der Waals surface area contributed by atoms with E-state index in [1.54, 1.807) is 4.90 Å². The van der Waals surface area contributed by atoms with Crippen LogP contribution >= 0.6 is 0 Å². The van der Waals surface area contributed by atoms with E-state index < -0.39 is 17.6 Å². The van der Waals surface area contributed by atoms with Gasteiger partial charge in [-0.1, -0.05) is 48.5 Å². The second kappa shape index (κ2) is 8.54. The Morgan fingerprint density at radius 2 is 1.67 bits per heavy atom. The van der Waals surface area contributed by atoms with Crippen molar-refractivity contribution in [2.24, 2.45) is 5.92 Å². The molecule has 172 valence electrons. The van der Waals surface area contributed by atoms with Gasteiger partial charge in [-0.3, -0.25) is 9.59 Å². The van der Waals surface area contributed by atoms with Gasteiger partial charge in [-0.15, -0.1) is 0 Å². The van der Waals surface area contributed by atoms with Gasteiger partial charge in [-0.2, -0.15) is 0 Å². The van der Waals surface area contributed by atoms with E-state index in [0.29, 0.717) is 32.4 Å². The van der Waals surface area contributed by atoms with Crippen molar-refractivity contribution in [1.82, 2.24) is 10.2 Å². The molecule has 1 saturated heterocycles. The minimum Gasteiger partial charge on any atom is -0.481 e. The molecule has 0 radical (unpaired) electrons. The highest BCUT2D eigenvalue weighted by molar-refractivity contribution is 5.93. The van der Waals surface area contributed by atoms with Crippen LogP contribution in [-0.2, 0) is 14.3 Å². The second-order valence-electron chi connectivity index (χ2n) is 9.37. The fourth-order valence-corrected chi connectivity index (χ4v) is 5.23. The van der Waals surface area contributed by atoms with E-state index in [9.17, 15) is 14.4 Å². The van der Waals surface area contributed by atoms with Gasteiger partial charge in [-0.05, 0) is 53.9 Å². The number of rotatable bonds is 7. The van der Waals surface area contributed by atoms with E-state index in [0.717, 1.165) is 17.5 Å². The van der Waals surface area contributed by atoms with Crippen molar-refractivity contribution >= 4 is 18.0 Å². The molecule has 2 aromatic carbocycles. The summed E-state index contributed by atoms with van der Waals surface area (Å²) in [5, 5.41) is 11.7. The summed E-state index contributed by atoms with van der Waals surface area (Å²) in [5.74, 6) is -0.706. The SMILES string of the molecule is O=C(O)CCC1CCN(C(=O)C2(NC(=O)OCC3c4ccccc4-c4ccccc43)CC2)C1. The molecular weight excluding hydrogens is 420 g/mol. The van der Waals surface area contributed by atoms with Gasteiger partial charge in [0, 0.05) is 25.4 Å². The number of hydrogen-bond donors (Lipinski definition) is 2. The van der Waals surface area contributed by atoms with E-state index in [1.807, 2.05) is 24.3 Å². The van der Waals surface area contributed by atoms with Crippen molar-refractivity contribution < 1.29 is 24.2 Å². The molecule has 2 amide bonds. The Labute approximate surface area is 192 Å². The average molecular weight is 449 g/mol. The first-order chi connectivity index (χ1) is 16.0. The van der Waals surface area contributed by atoms with E-state index >= 15 is 0 Å². The van der Waals surface area contributed by atoms with Crippen LogP contribution in [0.5, 0.6) is 0 Å². The Morgan fingerprint density at radius 3 is 2.27 bits per heavy atom. The summed E-state index contributed by atoms with van der Waals surface area (Å²) in [6, 6.07) is 16.3. The van der Waals surface area contributed by atoms with E-state index in [-0.39, 0.29) is 30.8 Å². The number of aliphatic carboxylic acids is 1. The van der Waals surface area contributed by atoms with Crippen LogP contribution in [0.3, 0.4) is 0 Å². The highest BCUT2D eigenvalue weighted by atomic mass is 16.5. The molecular formula is C26H28N2O5. The Bertz CT molecular complexity index is 1050. The molecule has 3 aliphatic rings. The predicted octanol–water partition coefficient (Wildman–Crippen LogP) is 3.77. The number of carbonyl (C=O) groups is 3. The van der Waals surface area contributed by atoms with E-state index in [2.05, 4.69) is 29.6 Å². The molecule has 7 nitrogen and oxygen atoms in total. The van der Waals surface area contributed by atoms with Gasteiger partial charge >= 0.3 is 12.1 Å². The van der Waals surface area contributed by atoms with Crippen molar-refractivity contribution in [2.75, 3.05) is 19.7 Å². The zero-order chi connectivity index (χ0) is 23.0. The van der Waals surface area contributed by atoms with Crippen LogP contribution in [0.25, 0.3) is 11.1 Å². The highest BCUT2D eigenvalue weighted by Gasteiger charge is 2.54. The van der Waals surface area contributed by atoms with Gasteiger partial charge in [0.05, 0.1) is 0 Å². The summed E-state index contributed by atoms with van der Waals surface area (Å²) in [7, 11) is 0. The van der Waals surface area contributed by atoms with Gasteiger partial charge in [0.25, 0.3) is 0 Å². The van der Waals surface area contributed by atoms with Crippen LogP contribution in [0.2, 0.25) is 0 Å². The summed E-state index contributed by atoms with van der Waals surface area (Å²) in [5.41, 5.74) is 3.76. The first-order valence-corrected chi connectivity index (χ1v) is 11.6. The van der Waals surface area contributed by atoms with E-state index in [1.165, 1.54) is 11.1 Å². The third-order valence-corrected chi connectivity index (χ3v) is 7.18. The molecule has 2 fully saturated rings. The van der Waals surface area contributed by atoms with Crippen molar-refractivity contribution in [1.29, 1.82) is 0 Å². The Morgan fingerprint density at radius 1 is 1.03 bits per heavy atom. The highest BCUT2D eigenvalue weighted by Crippen LogP contribution is 2.44. The number of carboxylic acid groups (broad SMARTS) is 1. The summed E-state index contributed by atoms with van der Waals surface area (Å²) in [6.07, 6.45) is 2.14. The Balaban J connectivity index is 1.18. The molecule has 0 bridgehead atoms. The lowest BCUT2D eigenvalue weighted by molar-refractivity contribution is -0.137. The summed E-state index contributed by atoms with van der Waals surface area (Å²) in [4.78, 5) is 38.3. The maximum Gasteiger partial charge on any atom is 0.408 e. The van der Waals surface area contributed by atoms with Gasteiger partial charge in [-0.25, -0.2) is 4.79 Å². The number of hydrogen-bond acceptors (Lipinski definition) is 4. The predicted molar refractivity (Wildman–Crippen MR) is 122 cm³/mol. The second-order valence-corrected chi connectivity index (χ2v) is 9.37. The van der Waals surface area contributed by atoms with Crippen molar-refractivity contribution in [3.63, 3.8) is 0 Å². The van der Waals surface area contributed by atoms with Crippen molar-refractivity contribution in [3.05, 3.63) is 59.7 Å². The van der Waals surface area contributed by atoms with Gasteiger partial charge in [0.1, 0.15) is 12.1 Å². The largest absolute Gasteiger partial charge is 0.481 e. The lowest BCUT2D eigenvalue weighted by atomic mass is 9.98. The average Bonchev–Trinajstić information content (AvgIpc) is 3.31. The van der Waals surface area contributed by atoms with Crippen molar-refractivity contribution in [2.45, 2.75) is 43.6 Å². The number of alkyl carbamates (subject to hydrolysis) is 1. The fraction of sp³-hybridized carbons (Fsp3) is 0.423. The number of nitrogens with zero attached hydrogens (tertiary/aromatic N) is 1. The van der Waals surface area contributed by atoms with Gasteiger partial charge in [0.2, 0.25) is 5.91 Å². The molecule has 33 heavy (non-hydrogen) atoms. The van der Waals surface area contributed by atoms with Crippen LogP contribution in [0, 0.1) is 5.92 Å². The number of likely N-dealkylation sites (tertiary alicyclic amines) is 1. The number of nitrogens with one attached hydrogen (secondary N) is 1. The number of fused-ring (bicyclic) bond motifs is 3. The Kier molecular flexibility index (Phi) is 5.56. The summed E-state index contributed by atoms with van der Waals surface area (Å²) in [6.45, 7) is 1.38. The number of carbonyl (C=O) groups excluding carboxylic acids is 2. The molecule has 0 spiro atoms. The topological polar surface area (TPSA) is 95.9 Å². The lowest BCUT2D eigenvalue weighted by Gasteiger charge is -2.24. The van der Waals surface area contributed by atoms with Crippen LogP contribution < -0.4 is 5.32 Å². The summed E-state index contributed by atoms with van der Waals surface area (Å²) < 4.78 is 5.63. The molecule has 1 aliphatic heterocycles. The van der Waals surface area contributed by atoms with Crippen LogP contribution in [-0.4, -0.2) is 53.2 Å². The first kappa shape index (κ1) is 21.5. The minimum absolute atomic E-state index is 0.0254. The number of carboxylic acids is 1. The smallest absolute Gasteiger partial charge is 0.408 e. The maximum atomic E-state index is 13.1. The molecule has 7 heteroatoms. The molecule has 1 unspecified atom stereocenters. The quantitative estimate of drug-likeness (QED) is 0.672. The number of benzene rings is 2. The molecule has 5 rings (SSSR count). The third-order valence-electron chi connectivity index (χ3n) is 7.18. The first-order valence-electron chi connectivity index (χ1n) is 11.6. The Hall–Kier alpha value is -3.35. The van der Waals surface area contributed by atoms with Crippen LogP contribution in [0.1, 0.15) is 49.1 Å². The van der Waals surface area contributed by atoms with Crippen LogP contribution in [0.15, 0.2) is 48.5 Å². The van der Waals surface area contributed by atoms with E-state index in [4.69, 9.17) is 9.84 Å². The molecule has 2 N–H and O–H groups in total. The van der Waals surface area contributed by atoms with Crippen molar-refractivity contribution in [3.8, 4) is 11.1 Å². The third kappa shape index (κ3) is 4.19. The zero-order valence-corrected chi connectivity index (χ0v) is 18.5. The number of amides is 2. The molecule has 1 atom stereocenters. The normalized spacial score (nSPS) is 20.1. The molecule has 1 heterocycles. The molecule has 0 aromatic heterocycles. The summed E-state index contributed by atoms with van der Waals surface area (Å²) >= 11 is 0. The zero-order valence-electron chi connectivity index (χ0n) is 18.5. The molecule has 2 aliphatic carbocycles.